The minimum absolute atomic E-state index is 0.542. The van der Waals surface area contributed by atoms with Gasteiger partial charge in [0.2, 0.25) is 0 Å². The molecule has 1 rings (SSSR count). The molecule has 0 amide bonds. The van der Waals surface area contributed by atoms with Gasteiger partial charge in [-0.2, -0.15) is 11.8 Å². The summed E-state index contributed by atoms with van der Waals surface area (Å²) in [7, 11) is 0. The molecule has 2 N–H and O–H groups in total. The van der Waals surface area contributed by atoms with E-state index in [1.807, 2.05) is 0 Å². The number of cyclic esters (lactones) is 1. The van der Waals surface area contributed by atoms with Gasteiger partial charge in [0.15, 0.2) is 6.10 Å². The monoisotopic (exact) mass is 234 g/mol. The first kappa shape index (κ1) is 12.8. The van der Waals surface area contributed by atoms with Crippen molar-refractivity contribution < 1.29 is 19.7 Å². The second kappa shape index (κ2) is 6.35. The van der Waals surface area contributed by atoms with Crippen molar-refractivity contribution in [2.75, 3.05) is 11.5 Å². The average molecular weight is 234 g/mol. The molecule has 0 spiro atoms. The van der Waals surface area contributed by atoms with E-state index in [4.69, 9.17) is 9.84 Å². The molecule has 1 fully saturated rings. The maximum atomic E-state index is 10.9. The number of aliphatic hydroxyl groups excluding tert-OH is 2. The zero-order chi connectivity index (χ0) is 11.3. The number of aliphatic hydroxyl groups is 2. The van der Waals surface area contributed by atoms with Gasteiger partial charge in [0, 0.05) is 5.75 Å². The van der Waals surface area contributed by atoms with E-state index in [9.17, 15) is 9.90 Å². The number of hydrogen-bond acceptors (Lipinski definition) is 5. The number of thioether (sulfide) groups is 1. The fourth-order valence-corrected chi connectivity index (χ4v) is 2.49. The van der Waals surface area contributed by atoms with Gasteiger partial charge in [-0.1, -0.05) is 19.8 Å². The number of rotatable bonds is 6. The molecule has 3 atom stereocenters. The topological polar surface area (TPSA) is 66.8 Å². The third-order valence-electron chi connectivity index (χ3n) is 2.39. The largest absolute Gasteiger partial charge is 0.457 e. The first-order valence-corrected chi connectivity index (χ1v) is 6.46. The van der Waals surface area contributed by atoms with Crippen LogP contribution in [0.15, 0.2) is 0 Å². The Morgan fingerprint density at radius 1 is 1.40 bits per heavy atom. The Kier molecular flexibility index (Phi) is 5.42. The highest BCUT2D eigenvalue weighted by Gasteiger charge is 2.42. The van der Waals surface area contributed by atoms with Crippen LogP contribution in [-0.4, -0.2) is 46.0 Å². The van der Waals surface area contributed by atoms with Gasteiger partial charge in [-0.25, -0.2) is 4.79 Å². The van der Waals surface area contributed by atoms with E-state index in [1.165, 1.54) is 12.8 Å². The van der Waals surface area contributed by atoms with Crippen molar-refractivity contribution in [1.29, 1.82) is 0 Å². The molecule has 15 heavy (non-hydrogen) atoms. The Morgan fingerprint density at radius 3 is 2.67 bits per heavy atom. The molecular formula is C10H18O4S. The van der Waals surface area contributed by atoms with Gasteiger partial charge in [-0.05, 0) is 12.2 Å². The summed E-state index contributed by atoms with van der Waals surface area (Å²) in [5.41, 5.74) is 0. The van der Waals surface area contributed by atoms with E-state index in [0.717, 1.165) is 12.2 Å². The highest BCUT2D eigenvalue weighted by atomic mass is 32.2. The minimum Gasteiger partial charge on any atom is -0.457 e. The molecule has 0 saturated carbocycles. The van der Waals surface area contributed by atoms with Crippen LogP contribution in [0.5, 0.6) is 0 Å². The van der Waals surface area contributed by atoms with Gasteiger partial charge in [0.1, 0.15) is 12.2 Å². The summed E-state index contributed by atoms with van der Waals surface area (Å²) in [5.74, 6) is 0.861. The summed E-state index contributed by atoms with van der Waals surface area (Å²) in [6.45, 7) is 2.14. The van der Waals surface area contributed by atoms with E-state index in [0.29, 0.717) is 5.75 Å². The van der Waals surface area contributed by atoms with Crippen molar-refractivity contribution >= 4 is 17.7 Å². The van der Waals surface area contributed by atoms with Gasteiger partial charge in [0.25, 0.3) is 0 Å². The van der Waals surface area contributed by atoms with Gasteiger partial charge >= 0.3 is 5.97 Å². The SMILES string of the molecule is CCCCCSC[C@H]1OC(=O)[C@H](O)[C@H]1O. The molecule has 0 bridgehead atoms. The molecular weight excluding hydrogens is 216 g/mol. The predicted octanol–water partition coefficient (Wildman–Crippen LogP) is 0.557. The molecule has 0 aromatic heterocycles. The molecule has 4 nitrogen and oxygen atoms in total. The number of unbranched alkanes of at least 4 members (excludes halogenated alkanes) is 2. The quantitative estimate of drug-likeness (QED) is 0.519. The maximum absolute atomic E-state index is 10.9. The molecule has 0 aromatic carbocycles. The van der Waals surface area contributed by atoms with Crippen molar-refractivity contribution in [2.45, 2.75) is 44.5 Å². The summed E-state index contributed by atoms with van der Waals surface area (Å²) >= 11 is 1.65. The summed E-state index contributed by atoms with van der Waals surface area (Å²) in [4.78, 5) is 10.9. The van der Waals surface area contributed by atoms with Crippen LogP contribution in [0.1, 0.15) is 26.2 Å². The van der Waals surface area contributed by atoms with Crippen molar-refractivity contribution in [1.82, 2.24) is 0 Å². The van der Waals surface area contributed by atoms with Gasteiger partial charge in [0.05, 0.1) is 0 Å². The normalized spacial score (nSPS) is 30.6. The Labute approximate surface area is 94.0 Å². The second-order valence-electron chi connectivity index (χ2n) is 3.69. The summed E-state index contributed by atoms with van der Waals surface area (Å²) < 4.78 is 4.83. The minimum atomic E-state index is -1.36. The third kappa shape index (κ3) is 3.66. The van der Waals surface area contributed by atoms with Crippen molar-refractivity contribution in [3.05, 3.63) is 0 Å². The molecule has 0 radical (unpaired) electrons. The standard InChI is InChI=1S/C10H18O4S/c1-2-3-4-5-15-6-7-8(11)9(12)10(13)14-7/h7-9,11-12H,2-6H2,1H3/t7-,8+,9-/m1/s1. The molecule has 88 valence electrons. The van der Waals surface area contributed by atoms with Gasteiger partial charge in [-0.15, -0.1) is 0 Å². The van der Waals surface area contributed by atoms with Crippen LogP contribution in [0.3, 0.4) is 0 Å². The lowest BCUT2D eigenvalue weighted by molar-refractivity contribution is -0.146. The zero-order valence-corrected chi connectivity index (χ0v) is 9.70. The molecule has 0 aromatic rings. The maximum Gasteiger partial charge on any atom is 0.338 e. The highest BCUT2D eigenvalue weighted by molar-refractivity contribution is 7.99. The van der Waals surface area contributed by atoms with Crippen LogP contribution >= 0.6 is 11.8 Å². The van der Waals surface area contributed by atoms with E-state index in [2.05, 4.69) is 6.92 Å². The van der Waals surface area contributed by atoms with Crippen molar-refractivity contribution in [3.8, 4) is 0 Å². The molecule has 0 unspecified atom stereocenters. The average Bonchev–Trinajstić information content (AvgIpc) is 2.46. The van der Waals surface area contributed by atoms with Crippen LogP contribution in [0, 0.1) is 0 Å². The highest BCUT2D eigenvalue weighted by Crippen LogP contribution is 2.20. The van der Waals surface area contributed by atoms with Crippen LogP contribution in [0.4, 0.5) is 0 Å². The van der Waals surface area contributed by atoms with Crippen molar-refractivity contribution in [2.24, 2.45) is 0 Å². The van der Waals surface area contributed by atoms with E-state index >= 15 is 0 Å². The lowest BCUT2D eigenvalue weighted by Crippen LogP contribution is -2.32. The van der Waals surface area contributed by atoms with Gasteiger partial charge < -0.3 is 14.9 Å². The predicted molar refractivity (Wildman–Crippen MR) is 58.7 cm³/mol. The number of carbonyl (C=O) groups excluding carboxylic acids is 1. The first-order valence-electron chi connectivity index (χ1n) is 5.31. The molecule has 1 saturated heterocycles. The Balaban J connectivity index is 2.14. The number of esters is 1. The first-order chi connectivity index (χ1) is 7.16. The van der Waals surface area contributed by atoms with E-state index in [1.54, 1.807) is 11.8 Å². The molecule has 1 aliphatic heterocycles. The smallest absolute Gasteiger partial charge is 0.338 e. The van der Waals surface area contributed by atoms with Crippen LogP contribution in [0.2, 0.25) is 0 Å². The van der Waals surface area contributed by atoms with Gasteiger partial charge in [-0.3, -0.25) is 0 Å². The van der Waals surface area contributed by atoms with Crippen molar-refractivity contribution in [3.63, 3.8) is 0 Å². The fraction of sp³-hybridized carbons (Fsp3) is 0.900. The van der Waals surface area contributed by atoms with E-state index < -0.39 is 24.3 Å². The summed E-state index contributed by atoms with van der Waals surface area (Å²) in [6.07, 6.45) is 0.560. The fourth-order valence-electron chi connectivity index (χ4n) is 1.42. The lowest BCUT2D eigenvalue weighted by Gasteiger charge is -2.12. The molecule has 1 aliphatic rings. The second-order valence-corrected chi connectivity index (χ2v) is 4.84. The summed E-state index contributed by atoms with van der Waals surface area (Å²) in [6, 6.07) is 0. The third-order valence-corrected chi connectivity index (χ3v) is 3.53. The number of hydrogen-bond donors (Lipinski definition) is 2. The molecule has 1 heterocycles. The number of ether oxygens (including phenoxy) is 1. The van der Waals surface area contributed by atoms with E-state index in [-0.39, 0.29) is 0 Å². The lowest BCUT2D eigenvalue weighted by atomic mass is 10.2. The Hall–Kier alpha value is -0.260. The molecule has 0 aliphatic carbocycles. The molecule has 5 heteroatoms. The zero-order valence-electron chi connectivity index (χ0n) is 8.89. The van der Waals surface area contributed by atoms with Crippen LogP contribution < -0.4 is 0 Å². The Morgan fingerprint density at radius 2 is 2.13 bits per heavy atom. The summed E-state index contributed by atoms with van der Waals surface area (Å²) in [5, 5.41) is 18.6. The number of carbonyl (C=O) groups is 1. The Bertz CT molecular complexity index is 210. The van der Waals surface area contributed by atoms with Crippen LogP contribution in [-0.2, 0) is 9.53 Å². The van der Waals surface area contributed by atoms with Crippen LogP contribution in [0.25, 0.3) is 0 Å².